The van der Waals surface area contributed by atoms with Gasteiger partial charge in [0.25, 0.3) is 5.89 Å². The lowest BCUT2D eigenvalue weighted by molar-refractivity contribution is 0.0626. The molecule has 118 valence electrons. The molecule has 0 unspecified atom stereocenters. The molecule has 1 saturated carbocycles. The molecule has 0 atom stereocenters. The first-order chi connectivity index (χ1) is 10.5. The monoisotopic (exact) mass is 322 g/mol. The van der Waals surface area contributed by atoms with Crippen LogP contribution in [0.1, 0.15) is 19.3 Å². The van der Waals surface area contributed by atoms with Gasteiger partial charge in [0.2, 0.25) is 0 Å². The highest BCUT2D eigenvalue weighted by atomic mass is 32.2. The van der Waals surface area contributed by atoms with Crippen LogP contribution in [0, 0.1) is 5.41 Å². The number of benzene rings is 1. The number of nitrogens with zero attached hydrogens (tertiary/aromatic N) is 2. The maximum atomic E-state index is 11.5. The number of aromatic nitrogens is 2. The summed E-state index contributed by atoms with van der Waals surface area (Å²) in [5.41, 5.74) is 0.508. The van der Waals surface area contributed by atoms with Crippen molar-refractivity contribution >= 4 is 9.84 Å². The van der Waals surface area contributed by atoms with Crippen LogP contribution < -0.4 is 4.74 Å². The molecule has 1 fully saturated rings. The van der Waals surface area contributed by atoms with E-state index in [4.69, 9.17) is 9.15 Å². The molecule has 0 aliphatic heterocycles. The van der Waals surface area contributed by atoms with E-state index in [-0.39, 0.29) is 23.9 Å². The fourth-order valence-electron chi connectivity index (χ4n) is 2.74. The molecule has 0 N–H and O–H groups in total. The Bertz CT molecular complexity index is 736. The largest absolute Gasteiger partial charge is 0.448 e. The van der Waals surface area contributed by atoms with Gasteiger partial charge in [0.1, 0.15) is 9.84 Å². The van der Waals surface area contributed by atoms with Crippen molar-refractivity contribution in [1.82, 2.24) is 10.2 Å². The Morgan fingerprint density at radius 3 is 2.55 bits per heavy atom. The standard InChI is InChI=1S/C15H18N2O4S/c1-22(18,19)11-15(8-5-9-15)10-20-14-17-16-13(21-14)12-6-3-2-4-7-12/h2-4,6-7H,5,8-11H2,1H3. The summed E-state index contributed by atoms with van der Waals surface area (Å²) in [7, 11) is -3.03. The average Bonchev–Trinajstić information content (AvgIpc) is 2.90. The Hall–Kier alpha value is -1.89. The molecule has 0 amide bonds. The van der Waals surface area contributed by atoms with E-state index in [2.05, 4.69) is 10.2 Å². The van der Waals surface area contributed by atoms with Crippen LogP contribution in [0.15, 0.2) is 34.7 Å². The quantitative estimate of drug-likeness (QED) is 0.812. The summed E-state index contributed by atoms with van der Waals surface area (Å²) in [5, 5.41) is 7.81. The van der Waals surface area contributed by atoms with Gasteiger partial charge in [-0.2, -0.15) is 0 Å². The minimum atomic E-state index is -3.03. The molecule has 0 radical (unpaired) electrons. The van der Waals surface area contributed by atoms with E-state index < -0.39 is 9.84 Å². The van der Waals surface area contributed by atoms with Crippen LogP contribution in [0.2, 0.25) is 0 Å². The van der Waals surface area contributed by atoms with Crippen molar-refractivity contribution in [2.24, 2.45) is 5.41 Å². The topological polar surface area (TPSA) is 82.3 Å². The third-order valence-electron chi connectivity index (χ3n) is 3.91. The van der Waals surface area contributed by atoms with Crippen LogP contribution in [0.3, 0.4) is 0 Å². The third kappa shape index (κ3) is 3.47. The number of rotatable bonds is 6. The molecule has 1 heterocycles. The van der Waals surface area contributed by atoms with Gasteiger partial charge in [-0.15, -0.1) is 5.10 Å². The van der Waals surface area contributed by atoms with Gasteiger partial charge in [-0.25, -0.2) is 8.42 Å². The predicted molar refractivity (Wildman–Crippen MR) is 81.2 cm³/mol. The third-order valence-corrected chi connectivity index (χ3v) is 5.05. The van der Waals surface area contributed by atoms with E-state index in [9.17, 15) is 8.42 Å². The molecular weight excluding hydrogens is 304 g/mol. The van der Waals surface area contributed by atoms with Crippen LogP contribution in [0.5, 0.6) is 6.08 Å². The lowest BCUT2D eigenvalue weighted by Gasteiger charge is -2.40. The fraction of sp³-hybridized carbons (Fsp3) is 0.467. The zero-order valence-corrected chi connectivity index (χ0v) is 13.2. The van der Waals surface area contributed by atoms with E-state index in [0.29, 0.717) is 5.89 Å². The van der Waals surface area contributed by atoms with E-state index in [1.165, 1.54) is 6.26 Å². The van der Waals surface area contributed by atoms with Gasteiger partial charge in [-0.1, -0.05) is 29.7 Å². The molecule has 6 nitrogen and oxygen atoms in total. The minimum absolute atomic E-state index is 0.0821. The molecule has 0 spiro atoms. The summed E-state index contributed by atoms with van der Waals surface area (Å²) in [6.45, 7) is 0.288. The van der Waals surface area contributed by atoms with Crippen molar-refractivity contribution in [3.63, 3.8) is 0 Å². The van der Waals surface area contributed by atoms with Gasteiger partial charge in [0, 0.05) is 17.2 Å². The van der Waals surface area contributed by atoms with Crippen molar-refractivity contribution < 1.29 is 17.6 Å². The SMILES string of the molecule is CS(=O)(=O)CC1(COc2nnc(-c3ccccc3)o2)CCC1. The van der Waals surface area contributed by atoms with Crippen LogP contribution in [-0.4, -0.2) is 37.2 Å². The van der Waals surface area contributed by atoms with Crippen LogP contribution >= 0.6 is 0 Å². The Morgan fingerprint density at radius 2 is 1.95 bits per heavy atom. The van der Waals surface area contributed by atoms with E-state index in [0.717, 1.165) is 24.8 Å². The average molecular weight is 322 g/mol. The van der Waals surface area contributed by atoms with Gasteiger partial charge in [0.05, 0.1) is 12.4 Å². The first-order valence-corrected chi connectivity index (χ1v) is 9.21. The van der Waals surface area contributed by atoms with Crippen molar-refractivity contribution in [1.29, 1.82) is 0 Å². The first-order valence-electron chi connectivity index (χ1n) is 7.15. The zero-order chi connectivity index (χ0) is 15.6. The second kappa shape index (κ2) is 5.72. The summed E-state index contributed by atoms with van der Waals surface area (Å²) in [5.74, 6) is 0.529. The fourth-order valence-corrected chi connectivity index (χ4v) is 4.23. The molecule has 0 saturated heterocycles. The Labute approximate surface area is 129 Å². The van der Waals surface area contributed by atoms with E-state index >= 15 is 0 Å². The molecule has 1 aromatic carbocycles. The summed E-state index contributed by atoms with van der Waals surface area (Å²) in [4.78, 5) is 0. The maximum Gasteiger partial charge on any atom is 0.414 e. The van der Waals surface area contributed by atoms with Crippen molar-refractivity contribution in [2.75, 3.05) is 18.6 Å². The summed E-state index contributed by atoms with van der Waals surface area (Å²) in [6.07, 6.45) is 4.06. The van der Waals surface area contributed by atoms with Gasteiger partial charge in [-0.05, 0) is 25.0 Å². The Balaban J connectivity index is 1.66. The summed E-state index contributed by atoms with van der Waals surface area (Å²) >= 11 is 0. The first kappa shape index (κ1) is 15.0. The number of sulfone groups is 1. The molecule has 1 aliphatic rings. The molecule has 2 aromatic rings. The maximum absolute atomic E-state index is 11.5. The lowest BCUT2D eigenvalue weighted by Crippen LogP contribution is -2.41. The van der Waals surface area contributed by atoms with Crippen LogP contribution in [-0.2, 0) is 9.84 Å². The van der Waals surface area contributed by atoms with Gasteiger partial charge in [-0.3, -0.25) is 0 Å². The molecule has 7 heteroatoms. The number of hydrogen-bond donors (Lipinski definition) is 0. The Kier molecular flexibility index (Phi) is 3.90. The Morgan fingerprint density at radius 1 is 1.23 bits per heavy atom. The normalized spacial score (nSPS) is 17.0. The summed E-state index contributed by atoms with van der Waals surface area (Å²) in [6, 6.07) is 9.41. The molecule has 1 aromatic heterocycles. The highest BCUT2D eigenvalue weighted by molar-refractivity contribution is 7.90. The number of ether oxygens (including phenoxy) is 1. The molecule has 0 bridgehead atoms. The second-order valence-electron chi connectivity index (χ2n) is 5.95. The summed E-state index contributed by atoms with van der Waals surface area (Å²) < 4.78 is 34.1. The highest BCUT2D eigenvalue weighted by Crippen LogP contribution is 2.42. The zero-order valence-electron chi connectivity index (χ0n) is 12.4. The molecule has 22 heavy (non-hydrogen) atoms. The number of hydrogen-bond acceptors (Lipinski definition) is 6. The van der Waals surface area contributed by atoms with Gasteiger partial charge >= 0.3 is 6.08 Å². The minimum Gasteiger partial charge on any atom is -0.448 e. The molecular formula is C15H18N2O4S. The van der Waals surface area contributed by atoms with Crippen LogP contribution in [0.4, 0.5) is 0 Å². The van der Waals surface area contributed by atoms with Crippen LogP contribution in [0.25, 0.3) is 11.5 Å². The van der Waals surface area contributed by atoms with Crippen molar-refractivity contribution in [3.05, 3.63) is 30.3 Å². The molecule has 3 rings (SSSR count). The van der Waals surface area contributed by atoms with Crippen molar-refractivity contribution in [2.45, 2.75) is 19.3 Å². The lowest BCUT2D eigenvalue weighted by atomic mass is 9.71. The molecule has 1 aliphatic carbocycles. The smallest absolute Gasteiger partial charge is 0.414 e. The van der Waals surface area contributed by atoms with E-state index in [1.807, 2.05) is 30.3 Å². The van der Waals surface area contributed by atoms with Crippen molar-refractivity contribution in [3.8, 4) is 17.5 Å². The second-order valence-corrected chi connectivity index (χ2v) is 8.09. The van der Waals surface area contributed by atoms with Gasteiger partial charge < -0.3 is 9.15 Å². The predicted octanol–water partition coefficient (Wildman–Crippen LogP) is 2.33. The van der Waals surface area contributed by atoms with E-state index in [1.54, 1.807) is 0 Å². The highest BCUT2D eigenvalue weighted by Gasteiger charge is 2.41. The van der Waals surface area contributed by atoms with Gasteiger partial charge in [0.15, 0.2) is 0 Å².